The van der Waals surface area contributed by atoms with Gasteiger partial charge in [-0.2, -0.15) is 11.8 Å². The normalized spacial score (nSPS) is 34.1. The van der Waals surface area contributed by atoms with Crippen molar-refractivity contribution in [3.8, 4) is 0 Å². The van der Waals surface area contributed by atoms with Crippen molar-refractivity contribution < 1.29 is 5.11 Å². The van der Waals surface area contributed by atoms with Gasteiger partial charge in [-0.1, -0.05) is 26.7 Å². The Morgan fingerprint density at radius 2 is 2.27 bits per heavy atom. The van der Waals surface area contributed by atoms with Crippen LogP contribution in [0.1, 0.15) is 26.7 Å². The molecule has 1 aliphatic rings. The lowest BCUT2D eigenvalue weighted by molar-refractivity contribution is 0.115. The molecule has 0 spiro atoms. The van der Waals surface area contributed by atoms with Crippen molar-refractivity contribution in [2.24, 2.45) is 11.8 Å². The van der Waals surface area contributed by atoms with E-state index in [1.165, 1.54) is 18.6 Å². The van der Waals surface area contributed by atoms with Crippen LogP contribution in [0.3, 0.4) is 0 Å². The standard InChI is InChI=1S/C9H18OS/c1-3-4-7(2)8-5-11-6-9(8)10/h7-10H,3-6H2,1-2H3. The molecule has 0 bridgehead atoms. The van der Waals surface area contributed by atoms with Gasteiger partial charge in [0.1, 0.15) is 0 Å². The van der Waals surface area contributed by atoms with E-state index in [0.29, 0.717) is 11.8 Å². The summed E-state index contributed by atoms with van der Waals surface area (Å²) >= 11 is 1.89. The molecule has 0 aromatic heterocycles. The zero-order valence-corrected chi connectivity index (χ0v) is 8.23. The van der Waals surface area contributed by atoms with Crippen molar-refractivity contribution in [3.63, 3.8) is 0 Å². The molecule has 0 radical (unpaired) electrons. The first-order valence-electron chi connectivity index (χ1n) is 4.51. The van der Waals surface area contributed by atoms with Crippen LogP contribution in [0.2, 0.25) is 0 Å². The largest absolute Gasteiger partial charge is 0.392 e. The molecular formula is C9H18OS. The van der Waals surface area contributed by atoms with E-state index in [1.54, 1.807) is 0 Å². The van der Waals surface area contributed by atoms with E-state index < -0.39 is 0 Å². The van der Waals surface area contributed by atoms with Gasteiger partial charge in [0.25, 0.3) is 0 Å². The maximum atomic E-state index is 9.57. The number of thioether (sulfide) groups is 1. The highest BCUT2D eigenvalue weighted by molar-refractivity contribution is 7.99. The monoisotopic (exact) mass is 174 g/mol. The quantitative estimate of drug-likeness (QED) is 0.707. The molecule has 0 amide bonds. The summed E-state index contributed by atoms with van der Waals surface area (Å²) in [5.74, 6) is 3.41. The van der Waals surface area contributed by atoms with Gasteiger partial charge >= 0.3 is 0 Å². The number of aliphatic hydroxyl groups excluding tert-OH is 1. The summed E-state index contributed by atoms with van der Waals surface area (Å²) in [4.78, 5) is 0. The minimum absolute atomic E-state index is 0.0263. The molecule has 1 aliphatic heterocycles. The molecule has 0 aromatic carbocycles. The van der Waals surface area contributed by atoms with Crippen LogP contribution in [-0.2, 0) is 0 Å². The van der Waals surface area contributed by atoms with Crippen LogP contribution < -0.4 is 0 Å². The number of rotatable bonds is 3. The topological polar surface area (TPSA) is 20.2 Å². The Bertz CT molecular complexity index is 116. The summed E-state index contributed by atoms with van der Waals surface area (Å²) in [6.45, 7) is 4.48. The van der Waals surface area contributed by atoms with Crippen molar-refractivity contribution in [2.75, 3.05) is 11.5 Å². The number of aliphatic hydroxyl groups is 1. The predicted octanol–water partition coefficient (Wildman–Crippen LogP) is 2.15. The molecule has 11 heavy (non-hydrogen) atoms. The summed E-state index contributed by atoms with van der Waals surface area (Å²) in [6, 6.07) is 0. The van der Waals surface area contributed by atoms with Crippen LogP contribution >= 0.6 is 11.8 Å². The second kappa shape index (κ2) is 4.36. The Morgan fingerprint density at radius 1 is 1.55 bits per heavy atom. The molecule has 0 aromatic rings. The van der Waals surface area contributed by atoms with Crippen LogP contribution in [0.15, 0.2) is 0 Å². The summed E-state index contributed by atoms with van der Waals surface area (Å²) < 4.78 is 0. The van der Waals surface area contributed by atoms with E-state index >= 15 is 0 Å². The van der Waals surface area contributed by atoms with E-state index in [1.807, 2.05) is 11.8 Å². The summed E-state index contributed by atoms with van der Waals surface area (Å²) in [6.07, 6.45) is 2.48. The van der Waals surface area contributed by atoms with Gasteiger partial charge in [-0.15, -0.1) is 0 Å². The minimum atomic E-state index is -0.0263. The lowest BCUT2D eigenvalue weighted by atomic mass is 9.88. The molecule has 3 unspecified atom stereocenters. The van der Waals surface area contributed by atoms with Crippen molar-refractivity contribution >= 4 is 11.8 Å². The molecule has 1 nitrogen and oxygen atoms in total. The molecule has 2 heteroatoms. The predicted molar refractivity (Wildman–Crippen MR) is 50.9 cm³/mol. The summed E-state index contributed by atoms with van der Waals surface area (Å²) in [7, 11) is 0. The first-order chi connectivity index (χ1) is 5.25. The van der Waals surface area contributed by atoms with Crippen molar-refractivity contribution in [3.05, 3.63) is 0 Å². The number of hydrogen-bond donors (Lipinski definition) is 1. The molecule has 1 saturated heterocycles. The molecular weight excluding hydrogens is 156 g/mol. The van der Waals surface area contributed by atoms with Crippen LogP contribution in [0.25, 0.3) is 0 Å². The molecule has 0 aliphatic carbocycles. The molecule has 1 heterocycles. The first kappa shape index (κ1) is 9.40. The second-order valence-corrected chi connectivity index (χ2v) is 4.61. The maximum absolute atomic E-state index is 9.57. The average molecular weight is 174 g/mol. The van der Waals surface area contributed by atoms with Gasteiger partial charge in [0.2, 0.25) is 0 Å². The van der Waals surface area contributed by atoms with Gasteiger partial charge in [-0.3, -0.25) is 0 Å². The summed E-state index contributed by atoms with van der Waals surface area (Å²) in [5.41, 5.74) is 0. The van der Waals surface area contributed by atoms with Gasteiger partial charge in [0, 0.05) is 5.75 Å². The Balaban J connectivity index is 2.33. The Hall–Kier alpha value is 0.310. The fourth-order valence-corrected chi connectivity index (χ4v) is 3.22. The smallest absolute Gasteiger partial charge is 0.0669 e. The summed E-state index contributed by atoms with van der Waals surface area (Å²) in [5, 5.41) is 9.57. The van der Waals surface area contributed by atoms with Crippen LogP contribution in [-0.4, -0.2) is 22.7 Å². The molecule has 1 fully saturated rings. The van der Waals surface area contributed by atoms with E-state index in [0.717, 1.165) is 5.75 Å². The number of hydrogen-bond acceptors (Lipinski definition) is 2. The van der Waals surface area contributed by atoms with Gasteiger partial charge in [-0.05, 0) is 17.6 Å². The zero-order valence-electron chi connectivity index (χ0n) is 7.42. The molecule has 1 rings (SSSR count). The van der Waals surface area contributed by atoms with Crippen LogP contribution in [0, 0.1) is 11.8 Å². The SMILES string of the molecule is CCCC(C)C1CSCC1O. The molecule has 3 atom stereocenters. The molecule has 0 saturated carbocycles. The Morgan fingerprint density at radius 3 is 2.73 bits per heavy atom. The third-order valence-electron chi connectivity index (χ3n) is 2.57. The van der Waals surface area contributed by atoms with Crippen LogP contribution in [0.4, 0.5) is 0 Å². The van der Waals surface area contributed by atoms with Crippen LogP contribution in [0.5, 0.6) is 0 Å². The Labute approximate surface area is 73.6 Å². The van der Waals surface area contributed by atoms with Gasteiger partial charge in [0.05, 0.1) is 6.10 Å². The Kier molecular flexibility index (Phi) is 3.73. The molecule has 66 valence electrons. The molecule has 1 N–H and O–H groups in total. The van der Waals surface area contributed by atoms with E-state index in [2.05, 4.69) is 13.8 Å². The van der Waals surface area contributed by atoms with Crippen molar-refractivity contribution in [1.29, 1.82) is 0 Å². The van der Waals surface area contributed by atoms with Crippen molar-refractivity contribution in [1.82, 2.24) is 0 Å². The third kappa shape index (κ3) is 2.38. The minimum Gasteiger partial charge on any atom is -0.392 e. The maximum Gasteiger partial charge on any atom is 0.0669 e. The highest BCUT2D eigenvalue weighted by Crippen LogP contribution is 2.32. The second-order valence-electron chi connectivity index (χ2n) is 3.53. The highest BCUT2D eigenvalue weighted by Gasteiger charge is 2.29. The van der Waals surface area contributed by atoms with Gasteiger partial charge in [-0.25, -0.2) is 0 Å². The lowest BCUT2D eigenvalue weighted by Crippen LogP contribution is -2.24. The lowest BCUT2D eigenvalue weighted by Gasteiger charge is -2.20. The fraction of sp³-hybridized carbons (Fsp3) is 1.00. The van der Waals surface area contributed by atoms with Gasteiger partial charge < -0.3 is 5.11 Å². The zero-order chi connectivity index (χ0) is 8.27. The van der Waals surface area contributed by atoms with Gasteiger partial charge in [0.15, 0.2) is 0 Å². The third-order valence-corrected chi connectivity index (χ3v) is 3.77. The van der Waals surface area contributed by atoms with E-state index in [9.17, 15) is 5.11 Å². The average Bonchev–Trinajstić information content (AvgIpc) is 2.36. The van der Waals surface area contributed by atoms with E-state index in [4.69, 9.17) is 0 Å². The first-order valence-corrected chi connectivity index (χ1v) is 5.67. The van der Waals surface area contributed by atoms with Crippen molar-refractivity contribution in [2.45, 2.75) is 32.8 Å². The van der Waals surface area contributed by atoms with E-state index in [-0.39, 0.29) is 6.10 Å². The highest BCUT2D eigenvalue weighted by atomic mass is 32.2. The fourth-order valence-electron chi connectivity index (χ4n) is 1.77.